The predicted molar refractivity (Wildman–Crippen MR) is 113 cm³/mol. The van der Waals surface area contributed by atoms with E-state index in [2.05, 4.69) is 47.9 Å². The van der Waals surface area contributed by atoms with E-state index in [1.165, 1.54) is 18.4 Å². The van der Waals surface area contributed by atoms with Crippen molar-refractivity contribution in [3.05, 3.63) is 65.0 Å². The van der Waals surface area contributed by atoms with Crippen molar-refractivity contribution in [2.45, 2.75) is 51.2 Å². The van der Waals surface area contributed by atoms with E-state index < -0.39 is 5.60 Å². The molecule has 154 valence electrons. The molecule has 1 atom stereocenters. The van der Waals surface area contributed by atoms with Crippen molar-refractivity contribution < 1.29 is 10.3 Å². The fourth-order valence-corrected chi connectivity index (χ4v) is 4.59. The van der Waals surface area contributed by atoms with Crippen molar-refractivity contribution in [2.24, 2.45) is 16.3 Å². The molecule has 1 saturated carbocycles. The highest BCUT2D eigenvalue weighted by atomic mass is 16.4. The quantitative estimate of drug-likeness (QED) is 0.303. The van der Waals surface area contributed by atoms with Gasteiger partial charge in [-0.2, -0.15) is 0 Å². The van der Waals surface area contributed by atoms with Gasteiger partial charge in [-0.3, -0.25) is 9.88 Å². The first-order chi connectivity index (χ1) is 13.8. The van der Waals surface area contributed by atoms with Crippen LogP contribution in [0.5, 0.6) is 0 Å². The summed E-state index contributed by atoms with van der Waals surface area (Å²) in [5.74, 6) is 0.405. The third-order valence-electron chi connectivity index (χ3n) is 6.60. The first-order valence-corrected chi connectivity index (χ1v) is 10.3. The van der Waals surface area contributed by atoms with Crippen molar-refractivity contribution >= 4 is 5.84 Å². The molecule has 6 nitrogen and oxygen atoms in total. The lowest BCUT2D eigenvalue weighted by atomic mass is 9.61. The molecule has 4 rings (SSSR count). The van der Waals surface area contributed by atoms with Crippen LogP contribution in [-0.2, 0) is 5.60 Å². The molecule has 2 heterocycles. The van der Waals surface area contributed by atoms with Gasteiger partial charge in [0.15, 0.2) is 5.84 Å². The molecular formula is C23H30N4O2. The van der Waals surface area contributed by atoms with Crippen molar-refractivity contribution in [1.29, 1.82) is 0 Å². The van der Waals surface area contributed by atoms with Gasteiger partial charge in [-0.05, 0) is 36.0 Å². The van der Waals surface area contributed by atoms with Crippen LogP contribution in [0.15, 0.2) is 47.9 Å². The number of likely N-dealkylation sites (tertiary alicyclic amines) is 1. The number of aliphatic hydroxyl groups is 1. The fraction of sp³-hybridized carbons (Fsp3) is 0.478. The number of nitrogens with zero attached hydrogens (tertiary/aromatic N) is 3. The number of nitrogens with two attached hydrogens (primary N) is 1. The van der Waals surface area contributed by atoms with Crippen LogP contribution in [0.2, 0.25) is 0 Å². The summed E-state index contributed by atoms with van der Waals surface area (Å²) in [6.07, 6.45) is 5.73. The Morgan fingerprint density at radius 3 is 2.41 bits per heavy atom. The normalized spacial score (nSPS) is 21.6. The van der Waals surface area contributed by atoms with E-state index in [0.29, 0.717) is 23.1 Å². The van der Waals surface area contributed by atoms with Crippen molar-refractivity contribution in [1.82, 2.24) is 9.88 Å². The molecule has 1 aliphatic carbocycles. The molecule has 2 fully saturated rings. The van der Waals surface area contributed by atoms with Crippen molar-refractivity contribution in [3.8, 4) is 0 Å². The minimum Gasteiger partial charge on any atom is -0.409 e. The Morgan fingerprint density at radius 2 is 1.86 bits per heavy atom. The lowest BCUT2D eigenvalue weighted by Crippen LogP contribution is -2.65. The third-order valence-corrected chi connectivity index (χ3v) is 6.60. The molecular weight excluding hydrogens is 364 g/mol. The molecule has 29 heavy (non-hydrogen) atoms. The molecule has 0 spiro atoms. The van der Waals surface area contributed by atoms with Crippen LogP contribution in [0.1, 0.15) is 61.8 Å². The van der Waals surface area contributed by atoms with E-state index in [4.69, 9.17) is 10.9 Å². The summed E-state index contributed by atoms with van der Waals surface area (Å²) in [6.45, 7) is 8.11. The molecule has 0 bridgehead atoms. The Balaban J connectivity index is 1.79. The highest BCUT2D eigenvalue weighted by Gasteiger charge is 2.58. The lowest BCUT2D eigenvalue weighted by molar-refractivity contribution is -0.138. The van der Waals surface area contributed by atoms with E-state index in [-0.39, 0.29) is 11.3 Å². The predicted octanol–water partition coefficient (Wildman–Crippen LogP) is 3.02. The second-order valence-electron chi connectivity index (χ2n) is 9.13. The topological polar surface area (TPSA) is 95.0 Å². The van der Waals surface area contributed by atoms with Crippen LogP contribution >= 0.6 is 0 Å². The van der Waals surface area contributed by atoms with E-state index in [1.807, 2.05) is 12.1 Å². The number of hydrogen-bond acceptors (Lipinski definition) is 5. The van der Waals surface area contributed by atoms with Crippen LogP contribution in [0.4, 0.5) is 0 Å². The summed E-state index contributed by atoms with van der Waals surface area (Å²) in [5, 5.41) is 24.4. The summed E-state index contributed by atoms with van der Waals surface area (Å²) in [4.78, 5) is 6.74. The average molecular weight is 395 g/mol. The zero-order valence-electron chi connectivity index (χ0n) is 17.3. The zero-order valence-corrected chi connectivity index (χ0v) is 17.3. The van der Waals surface area contributed by atoms with Gasteiger partial charge in [0.2, 0.25) is 0 Å². The second kappa shape index (κ2) is 7.11. The minimum atomic E-state index is -1.23. The van der Waals surface area contributed by atoms with Crippen LogP contribution < -0.4 is 5.73 Å². The van der Waals surface area contributed by atoms with Gasteiger partial charge in [-0.15, -0.1) is 0 Å². The molecule has 1 aromatic heterocycles. The van der Waals surface area contributed by atoms with E-state index in [9.17, 15) is 5.11 Å². The van der Waals surface area contributed by atoms with Crippen molar-refractivity contribution in [2.75, 3.05) is 13.1 Å². The number of pyridine rings is 1. The molecule has 1 aromatic carbocycles. The van der Waals surface area contributed by atoms with Crippen LogP contribution in [0.3, 0.4) is 0 Å². The van der Waals surface area contributed by atoms with Crippen LogP contribution in [-0.4, -0.2) is 45.2 Å². The monoisotopic (exact) mass is 394 g/mol. The highest BCUT2D eigenvalue weighted by Crippen LogP contribution is 2.52. The molecule has 4 N–H and O–H groups in total. The SMILES string of the molecule is CC(C)c1ccc([C@](O)(c2cncc(C(N)=NO)c2)C2(C)CN(C3CC3)C2)cc1. The van der Waals surface area contributed by atoms with Gasteiger partial charge in [-0.25, -0.2) is 0 Å². The van der Waals surface area contributed by atoms with Gasteiger partial charge in [0.25, 0.3) is 0 Å². The highest BCUT2D eigenvalue weighted by molar-refractivity contribution is 5.96. The minimum absolute atomic E-state index is 0.0183. The average Bonchev–Trinajstić information content (AvgIpc) is 3.55. The summed E-state index contributed by atoms with van der Waals surface area (Å²) in [6, 6.07) is 10.7. The third kappa shape index (κ3) is 3.30. The second-order valence-corrected chi connectivity index (χ2v) is 9.13. The molecule has 0 radical (unpaired) electrons. The molecule has 2 aromatic rings. The summed E-state index contributed by atoms with van der Waals surface area (Å²) >= 11 is 0. The fourth-order valence-electron chi connectivity index (χ4n) is 4.59. The first kappa shape index (κ1) is 19.9. The van der Waals surface area contributed by atoms with Gasteiger partial charge in [-0.1, -0.05) is 50.2 Å². The lowest BCUT2D eigenvalue weighted by Gasteiger charge is -2.57. The number of hydrogen-bond donors (Lipinski definition) is 3. The number of benzene rings is 1. The molecule has 2 aliphatic rings. The van der Waals surface area contributed by atoms with Gasteiger partial charge >= 0.3 is 0 Å². The number of amidine groups is 1. The summed E-state index contributed by atoms with van der Waals surface area (Å²) in [7, 11) is 0. The maximum atomic E-state index is 12.3. The van der Waals surface area contributed by atoms with Gasteiger partial charge in [0.05, 0.1) is 0 Å². The smallest absolute Gasteiger partial charge is 0.171 e. The van der Waals surface area contributed by atoms with E-state index in [0.717, 1.165) is 18.7 Å². The summed E-state index contributed by atoms with van der Waals surface area (Å²) in [5.41, 5.74) is 7.44. The van der Waals surface area contributed by atoms with Crippen LogP contribution in [0.25, 0.3) is 0 Å². The van der Waals surface area contributed by atoms with Crippen molar-refractivity contribution in [3.63, 3.8) is 0 Å². The Hall–Kier alpha value is -2.44. The largest absolute Gasteiger partial charge is 0.409 e. The zero-order chi connectivity index (χ0) is 20.8. The van der Waals surface area contributed by atoms with E-state index >= 15 is 0 Å². The van der Waals surface area contributed by atoms with Gasteiger partial charge in [0, 0.05) is 48.1 Å². The molecule has 6 heteroatoms. The Labute approximate surface area is 172 Å². The Kier molecular flexibility index (Phi) is 4.87. The van der Waals surface area contributed by atoms with Gasteiger partial charge < -0.3 is 16.0 Å². The standard InChI is InChI=1S/C23H30N4O2/c1-15(2)16-4-6-18(7-5-16)23(28,22(3)13-27(14-22)20-8-9-20)19-10-17(11-25-12-19)21(24)26-29/h4-7,10-12,15,20,28-29H,8-9,13-14H2,1-3H3,(H2,24,26)/t23-/m0/s1. The van der Waals surface area contributed by atoms with Gasteiger partial charge in [0.1, 0.15) is 5.60 Å². The Bertz CT molecular complexity index is 915. The number of rotatable bonds is 6. The maximum absolute atomic E-state index is 12.3. The first-order valence-electron chi connectivity index (χ1n) is 10.3. The molecule has 0 amide bonds. The number of oxime groups is 1. The summed E-state index contributed by atoms with van der Waals surface area (Å²) < 4.78 is 0. The number of aromatic nitrogens is 1. The van der Waals surface area contributed by atoms with E-state index in [1.54, 1.807) is 18.5 Å². The Morgan fingerprint density at radius 1 is 1.21 bits per heavy atom. The molecule has 1 aliphatic heterocycles. The molecule has 0 unspecified atom stereocenters. The maximum Gasteiger partial charge on any atom is 0.171 e. The molecule has 1 saturated heterocycles. The van der Waals surface area contributed by atoms with Crippen LogP contribution in [0, 0.1) is 5.41 Å².